The van der Waals surface area contributed by atoms with Crippen LogP contribution < -0.4 is 14.8 Å². The topological polar surface area (TPSA) is 84.5 Å². The maximum absolute atomic E-state index is 12.7. The zero-order valence-electron chi connectivity index (χ0n) is 19.5. The summed E-state index contributed by atoms with van der Waals surface area (Å²) in [5, 5.41) is 2.98. The van der Waals surface area contributed by atoms with E-state index in [1.807, 2.05) is 56.3 Å². The lowest BCUT2D eigenvalue weighted by molar-refractivity contribution is -0.118. The number of rotatable bonds is 10. The molecule has 0 saturated heterocycles. The normalized spacial score (nSPS) is 11.3. The molecule has 3 aromatic carbocycles. The van der Waals surface area contributed by atoms with Gasteiger partial charge in [-0.05, 0) is 72.4 Å². The van der Waals surface area contributed by atoms with E-state index in [4.69, 9.17) is 4.74 Å². The van der Waals surface area contributed by atoms with Crippen molar-refractivity contribution in [1.82, 2.24) is 4.72 Å². The summed E-state index contributed by atoms with van der Waals surface area (Å²) in [5.74, 6) is 0.187. The SMILES string of the molecule is CCc1cc(Br)cc(CC)c1NC(=O)COc1ccc(S(=O)(=O)NCc2ccccc2)cc1C. The van der Waals surface area contributed by atoms with Crippen LogP contribution in [0.15, 0.2) is 70.0 Å². The molecule has 0 aliphatic carbocycles. The van der Waals surface area contributed by atoms with Crippen molar-refractivity contribution >= 4 is 37.5 Å². The van der Waals surface area contributed by atoms with E-state index in [1.165, 1.54) is 6.07 Å². The number of benzene rings is 3. The first-order valence-electron chi connectivity index (χ1n) is 11.1. The number of sulfonamides is 1. The Hall–Kier alpha value is -2.68. The highest BCUT2D eigenvalue weighted by Gasteiger charge is 2.17. The molecule has 3 aromatic rings. The minimum atomic E-state index is -3.68. The Kier molecular flexibility index (Phi) is 8.88. The van der Waals surface area contributed by atoms with E-state index in [0.29, 0.717) is 11.3 Å². The summed E-state index contributed by atoms with van der Waals surface area (Å²) >= 11 is 3.52. The second-order valence-electron chi connectivity index (χ2n) is 7.88. The second kappa shape index (κ2) is 11.6. The number of carbonyl (C=O) groups excluding carboxylic acids is 1. The first kappa shape index (κ1) is 25.9. The molecule has 0 unspecified atom stereocenters. The van der Waals surface area contributed by atoms with Crippen LogP contribution in [0.5, 0.6) is 5.75 Å². The number of carbonyl (C=O) groups is 1. The molecule has 0 saturated carbocycles. The van der Waals surface area contributed by atoms with Crippen molar-refractivity contribution in [3.63, 3.8) is 0 Å². The summed E-state index contributed by atoms with van der Waals surface area (Å²) in [6.45, 7) is 5.86. The molecule has 6 nitrogen and oxygen atoms in total. The maximum Gasteiger partial charge on any atom is 0.262 e. The van der Waals surface area contributed by atoms with Gasteiger partial charge in [-0.3, -0.25) is 4.79 Å². The smallest absolute Gasteiger partial charge is 0.262 e. The molecule has 0 aromatic heterocycles. The highest BCUT2D eigenvalue weighted by Crippen LogP contribution is 2.28. The number of hydrogen-bond donors (Lipinski definition) is 2. The van der Waals surface area contributed by atoms with Crippen LogP contribution in [0.1, 0.15) is 36.1 Å². The standard InChI is InChI=1S/C26H29BrN2O4S/c1-4-20-14-22(27)15-21(5-2)26(20)29-25(30)17-33-24-12-11-23(13-18(24)3)34(31,32)28-16-19-9-7-6-8-10-19/h6-15,28H,4-5,16-17H2,1-3H3,(H,29,30). The highest BCUT2D eigenvalue weighted by atomic mass is 79.9. The predicted octanol–water partition coefficient (Wildman–Crippen LogP) is 5.38. The lowest BCUT2D eigenvalue weighted by atomic mass is 10.0. The molecule has 2 N–H and O–H groups in total. The fourth-order valence-corrected chi connectivity index (χ4v) is 5.23. The zero-order valence-corrected chi connectivity index (χ0v) is 21.9. The molecular formula is C26H29BrN2O4S. The summed E-state index contributed by atoms with van der Waals surface area (Å²) in [5.41, 5.74) is 4.42. The average Bonchev–Trinajstić information content (AvgIpc) is 2.83. The number of ether oxygens (including phenoxy) is 1. The minimum absolute atomic E-state index is 0.146. The Labute approximate surface area is 209 Å². The lowest BCUT2D eigenvalue weighted by Gasteiger charge is -2.16. The van der Waals surface area contributed by atoms with Crippen LogP contribution in [-0.2, 0) is 34.2 Å². The van der Waals surface area contributed by atoms with Crippen molar-refractivity contribution in [3.8, 4) is 5.75 Å². The van der Waals surface area contributed by atoms with Gasteiger partial charge in [-0.1, -0.05) is 60.1 Å². The third-order valence-electron chi connectivity index (χ3n) is 5.42. The third kappa shape index (κ3) is 6.68. The minimum Gasteiger partial charge on any atom is -0.483 e. The van der Waals surface area contributed by atoms with Crippen LogP contribution in [0, 0.1) is 6.92 Å². The Morgan fingerprint density at radius 2 is 1.62 bits per heavy atom. The Balaban J connectivity index is 1.64. The van der Waals surface area contributed by atoms with E-state index in [0.717, 1.165) is 39.7 Å². The molecule has 0 aliphatic heterocycles. The molecule has 0 radical (unpaired) electrons. The van der Waals surface area contributed by atoms with Gasteiger partial charge in [-0.25, -0.2) is 13.1 Å². The van der Waals surface area contributed by atoms with Gasteiger partial charge in [0.2, 0.25) is 10.0 Å². The Morgan fingerprint density at radius 3 is 2.21 bits per heavy atom. The van der Waals surface area contributed by atoms with Crippen molar-refractivity contribution in [2.45, 2.75) is 45.1 Å². The molecule has 1 amide bonds. The molecule has 0 spiro atoms. The van der Waals surface area contributed by atoms with Crippen LogP contribution in [-0.4, -0.2) is 20.9 Å². The van der Waals surface area contributed by atoms with Crippen LogP contribution in [0.4, 0.5) is 5.69 Å². The molecule has 8 heteroatoms. The van der Waals surface area contributed by atoms with Gasteiger partial charge in [0.15, 0.2) is 6.61 Å². The number of halogens is 1. The second-order valence-corrected chi connectivity index (χ2v) is 10.6. The average molecular weight is 545 g/mol. The van der Waals surface area contributed by atoms with Gasteiger partial charge >= 0.3 is 0 Å². The van der Waals surface area contributed by atoms with E-state index in [-0.39, 0.29) is 24.0 Å². The van der Waals surface area contributed by atoms with Crippen LogP contribution in [0.25, 0.3) is 0 Å². The predicted molar refractivity (Wildman–Crippen MR) is 139 cm³/mol. The monoisotopic (exact) mass is 544 g/mol. The number of nitrogens with one attached hydrogen (secondary N) is 2. The summed E-state index contributed by atoms with van der Waals surface area (Å²) < 4.78 is 34.6. The van der Waals surface area contributed by atoms with Gasteiger partial charge in [0, 0.05) is 16.7 Å². The number of amides is 1. The maximum atomic E-state index is 12.7. The summed E-state index contributed by atoms with van der Waals surface area (Å²) in [6.07, 6.45) is 1.58. The van der Waals surface area contributed by atoms with Crippen molar-refractivity contribution in [2.24, 2.45) is 0 Å². The molecule has 34 heavy (non-hydrogen) atoms. The molecular weight excluding hydrogens is 516 g/mol. The van der Waals surface area contributed by atoms with Crippen molar-refractivity contribution in [1.29, 1.82) is 0 Å². The number of aryl methyl sites for hydroxylation is 3. The quantitative estimate of drug-likeness (QED) is 0.359. The molecule has 0 aliphatic rings. The molecule has 0 bridgehead atoms. The van der Waals surface area contributed by atoms with E-state index < -0.39 is 10.0 Å². The largest absolute Gasteiger partial charge is 0.483 e. The molecule has 0 atom stereocenters. The van der Waals surface area contributed by atoms with Crippen LogP contribution >= 0.6 is 15.9 Å². The van der Waals surface area contributed by atoms with Gasteiger partial charge in [-0.15, -0.1) is 0 Å². The van der Waals surface area contributed by atoms with Gasteiger partial charge in [-0.2, -0.15) is 0 Å². The van der Waals surface area contributed by atoms with Crippen molar-refractivity contribution in [3.05, 3.63) is 87.4 Å². The third-order valence-corrected chi connectivity index (χ3v) is 7.27. The summed E-state index contributed by atoms with van der Waals surface area (Å²) in [6, 6.07) is 17.9. The van der Waals surface area contributed by atoms with Crippen molar-refractivity contribution in [2.75, 3.05) is 11.9 Å². The molecule has 3 rings (SSSR count). The lowest BCUT2D eigenvalue weighted by Crippen LogP contribution is -2.23. The fourth-order valence-electron chi connectivity index (χ4n) is 3.57. The highest BCUT2D eigenvalue weighted by molar-refractivity contribution is 9.10. The van der Waals surface area contributed by atoms with Crippen molar-refractivity contribution < 1.29 is 17.9 Å². The van der Waals surface area contributed by atoms with Gasteiger partial charge in [0.05, 0.1) is 4.90 Å². The van der Waals surface area contributed by atoms with Gasteiger partial charge in [0.25, 0.3) is 5.91 Å². The van der Waals surface area contributed by atoms with Gasteiger partial charge < -0.3 is 10.1 Å². The molecule has 0 heterocycles. The summed E-state index contributed by atoms with van der Waals surface area (Å²) in [4.78, 5) is 12.8. The fraction of sp³-hybridized carbons (Fsp3) is 0.269. The summed E-state index contributed by atoms with van der Waals surface area (Å²) in [7, 11) is -3.68. The first-order chi connectivity index (χ1) is 16.2. The van der Waals surface area contributed by atoms with Crippen LogP contribution in [0.3, 0.4) is 0 Å². The zero-order chi connectivity index (χ0) is 24.7. The number of anilines is 1. The first-order valence-corrected chi connectivity index (χ1v) is 13.4. The van der Waals surface area contributed by atoms with Gasteiger partial charge in [0.1, 0.15) is 5.75 Å². The molecule has 180 valence electrons. The Bertz CT molecular complexity index is 1240. The van der Waals surface area contributed by atoms with Crippen LogP contribution in [0.2, 0.25) is 0 Å². The van der Waals surface area contributed by atoms with E-state index in [2.05, 4.69) is 26.0 Å². The Morgan fingerprint density at radius 1 is 0.971 bits per heavy atom. The molecule has 0 fully saturated rings. The van der Waals surface area contributed by atoms with E-state index in [9.17, 15) is 13.2 Å². The van der Waals surface area contributed by atoms with E-state index in [1.54, 1.807) is 19.1 Å². The van der Waals surface area contributed by atoms with E-state index >= 15 is 0 Å². The number of hydrogen-bond acceptors (Lipinski definition) is 4.